The Morgan fingerprint density at radius 2 is 1.71 bits per heavy atom. The van der Waals surface area contributed by atoms with Crippen LogP contribution in [0.5, 0.6) is 17.2 Å². The first-order valence-corrected chi connectivity index (χ1v) is 19.9. The molecule has 0 saturated carbocycles. The van der Waals surface area contributed by atoms with Crippen molar-refractivity contribution in [2.24, 2.45) is 0 Å². The number of ether oxygens (including phenoxy) is 3. The number of carbonyl (C=O) groups excluding carboxylic acids is 1. The first-order chi connectivity index (χ1) is 27.5. The Kier molecular flexibility index (Phi) is 9.66. The van der Waals surface area contributed by atoms with Crippen LogP contribution in [0.3, 0.4) is 0 Å². The van der Waals surface area contributed by atoms with Crippen LogP contribution in [0.1, 0.15) is 21.7 Å². The van der Waals surface area contributed by atoms with Gasteiger partial charge in [0.2, 0.25) is 11.4 Å². The van der Waals surface area contributed by atoms with Crippen LogP contribution in [0.25, 0.3) is 27.1 Å². The van der Waals surface area contributed by atoms with E-state index in [1.54, 1.807) is 31.0 Å². The van der Waals surface area contributed by atoms with Crippen molar-refractivity contribution in [2.45, 2.75) is 19.7 Å². The standard InChI is InChI=1S/C47H35N2O5S2/c1-3-21-55-47-38(46(50)39(47)26-45-49(28-33-19-20-52-29-33)41-18-15-36(51-2)24-43(41)56-45)25-44-48(27-32-13-14-34-11-7-8-12-35(34)22-32)40-17-16-37(23-42(40)54-44)53-30-31-9-5-4-6-10-31/h1,4-20,22-26,29H,21,27-28,30H2,2H3/q+1. The molecule has 5 aromatic carbocycles. The second-order valence-corrected chi connectivity index (χ2v) is 15.4. The van der Waals surface area contributed by atoms with E-state index < -0.39 is 0 Å². The topological polar surface area (TPSA) is 65.0 Å². The number of fused-ring (bicyclic) bond motifs is 3. The van der Waals surface area contributed by atoms with E-state index in [4.69, 9.17) is 25.1 Å². The maximum Gasteiger partial charge on any atom is 0.263 e. The van der Waals surface area contributed by atoms with Crippen molar-refractivity contribution in [3.8, 4) is 29.6 Å². The largest absolute Gasteiger partial charge is 0.497 e. The number of hydrogen-bond acceptors (Lipinski definition) is 8. The van der Waals surface area contributed by atoms with Crippen LogP contribution in [-0.2, 0) is 24.5 Å². The maximum absolute atomic E-state index is 14.3. The Balaban J connectivity index is 1.10. The van der Waals surface area contributed by atoms with Crippen LogP contribution in [0.4, 0.5) is 5.69 Å². The van der Waals surface area contributed by atoms with Crippen molar-refractivity contribution < 1.29 is 28.0 Å². The minimum Gasteiger partial charge on any atom is -0.497 e. The third-order valence-electron chi connectivity index (χ3n) is 9.78. The summed E-state index contributed by atoms with van der Waals surface area (Å²) in [6.07, 6.45) is 13.0. The zero-order chi connectivity index (χ0) is 38.0. The van der Waals surface area contributed by atoms with Gasteiger partial charge in [-0.3, -0.25) is 4.79 Å². The average Bonchev–Trinajstić information content (AvgIpc) is 3.97. The second-order valence-electron chi connectivity index (χ2n) is 13.4. The fourth-order valence-corrected chi connectivity index (χ4v) is 8.94. The average molecular weight is 772 g/mol. The van der Waals surface area contributed by atoms with Crippen LogP contribution in [-0.4, -0.2) is 18.6 Å². The summed E-state index contributed by atoms with van der Waals surface area (Å²) in [6, 6.07) is 38.7. The number of ketones is 1. The molecule has 7 aromatic rings. The van der Waals surface area contributed by atoms with Crippen molar-refractivity contribution in [1.29, 1.82) is 0 Å². The Bertz CT molecular complexity index is 2760. The zero-order valence-electron chi connectivity index (χ0n) is 30.4. The number of Topliss-reactive ketones (excluding diaryl/α,β-unsaturated/α-hetero) is 1. The van der Waals surface area contributed by atoms with Crippen LogP contribution in [0.15, 0.2) is 160 Å². The molecule has 9 heteroatoms. The van der Waals surface area contributed by atoms with Crippen LogP contribution >= 0.6 is 23.1 Å². The molecule has 1 aliphatic carbocycles. The number of rotatable bonds is 12. The van der Waals surface area contributed by atoms with E-state index in [1.165, 1.54) is 17.1 Å². The van der Waals surface area contributed by atoms with Gasteiger partial charge in [0.1, 0.15) is 22.8 Å². The molecule has 0 bridgehead atoms. The summed E-state index contributed by atoms with van der Waals surface area (Å²) in [5, 5.41) is 3.26. The first-order valence-electron chi connectivity index (χ1n) is 18.1. The van der Waals surface area contributed by atoms with E-state index in [1.807, 2.05) is 97.1 Å². The van der Waals surface area contributed by atoms with Gasteiger partial charge >= 0.3 is 0 Å². The number of methoxy groups -OCH3 is 1. The molecule has 0 N–H and O–H groups in total. The predicted molar refractivity (Wildman–Crippen MR) is 224 cm³/mol. The molecule has 2 aliphatic rings. The Hall–Kier alpha value is -6.47. The highest BCUT2D eigenvalue weighted by atomic mass is 32.2. The highest BCUT2D eigenvalue weighted by Crippen LogP contribution is 2.46. The highest BCUT2D eigenvalue weighted by molar-refractivity contribution is 8.03. The van der Waals surface area contributed by atoms with E-state index in [0.717, 1.165) is 53.6 Å². The zero-order valence-corrected chi connectivity index (χ0v) is 32.1. The summed E-state index contributed by atoms with van der Waals surface area (Å²) in [4.78, 5) is 17.2. The quantitative estimate of drug-likeness (QED) is 0.0696. The SMILES string of the molecule is C#CCSC1=C(/C=C2/Oc3cc(OCc4ccccc4)ccc3N2Cc2ccc3ccccc3c2)C(=O)/C1=C/c1sc2cc(OC)ccc2[n+]1Cc1ccoc1. The summed E-state index contributed by atoms with van der Waals surface area (Å²) < 4.78 is 26.9. The molecule has 3 heterocycles. The summed E-state index contributed by atoms with van der Waals surface area (Å²) in [7, 11) is 1.66. The fraction of sp³-hybridized carbons (Fsp3) is 0.106. The molecule has 7 nitrogen and oxygen atoms in total. The van der Waals surface area contributed by atoms with Crippen molar-refractivity contribution in [1.82, 2.24) is 0 Å². The molecule has 0 fully saturated rings. The lowest BCUT2D eigenvalue weighted by Crippen LogP contribution is -2.36. The molecule has 0 saturated heterocycles. The molecule has 274 valence electrons. The number of thiazole rings is 1. The van der Waals surface area contributed by atoms with E-state index in [2.05, 4.69) is 45.7 Å². The summed E-state index contributed by atoms with van der Waals surface area (Å²) in [5.41, 5.74) is 6.30. The number of allylic oxidation sites excluding steroid dienone is 3. The van der Waals surface area contributed by atoms with Gasteiger partial charge in [-0.2, -0.15) is 4.57 Å². The minimum atomic E-state index is -0.0704. The molecular formula is C47H35N2O5S2+. The summed E-state index contributed by atoms with van der Waals surface area (Å²) in [5.74, 6) is 5.76. The van der Waals surface area contributed by atoms with Gasteiger partial charge in [-0.1, -0.05) is 84.0 Å². The molecule has 0 radical (unpaired) electrons. The Morgan fingerprint density at radius 1 is 0.875 bits per heavy atom. The number of nitrogens with zero attached hydrogens (tertiary/aromatic N) is 2. The van der Waals surface area contributed by atoms with Gasteiger partial charge in [-0.15, -0.1) is 18.2 Å². The monoisotopic (exact) mass is 771 g/mol. The third-order valence-corrected chi connectivity index (χ3v) is 11.9. The summed E-state index contributed by atoms with van der Waals surface area (Å²) in [6.45, 7) is 1.55. The fourth-order valence-electron chi connectivity index (χ4n) is 6.97. The maximum atomic E-state index is 14.3. The van der Waals surface area contributed by atoms with E-state index in [-0.39, 0.29) is 5.78 Å². The number of aromatic nitrogens is 1. The predicted octanol–water partition coefficient (Wildman–Crippen LogP) is 10.1. The number of benzene rings is 5. The Labute approximate surface area is 332 Å². The minimum absolute atomic E-state index is 0.0704. The molecule has 0 amide bonds. The molecular weight excluding hydrogens is 737 g/mol. The van der Waals surface area contributed by atoms with E-state index >= 15 is 0 Å². The number of furan rings is 1. The number of terminal acetylenes is 1. The molecule has 56 heavy (non-hydrogen) atoms. The van der Waals surface area contributed by atoms with Gasteiger partial charge in [0.25, 0.3) is 5.01 Å². The number of anilines is 1. The van der Waals surface area contributed by atoms with Gasteiger partial charge in [-0.25, -0.2) is 0 Å². The molecule has 1 aliphatic heterocycles. The summed E-state index contributed by atoms with van der Waals surface area (Å²) >= 11 is 3.09. The Morgan fingerprint density at radius 3 is 2.54 bits per heavy atom. The normalized spacial score (nSPS) is 15.0. The van der Waals surface area contributed by atoms with E-state index in [9.17, 15) is 4.79 Å². The van der Waals surface area contributed by atoms with Crippen molar-refractivity contribution >= 4 is 61.6 Å². The van der Waals surface area contributed by atoms with Crippen LogP contribution < -0.4 is 23.7 Å². The van der Waals surface area contributed by atoms with E-state index in [0.29, 0.717) is 54.0 Å². The number of hydrogen-bond donors (Lipinski definition) is 0. The van der Waals surface area contributed by atoms with Crippen molar-refractivity contribution in [2.75, 3.05) is 17.8 Å². The second kappa shape index (κ2) is 15.3. The van der Waals surface area contributed by atoms with Gasteiger partial charge in [0.05, 0.1) is 43.2 Å². The lowest BCUT2D eigenvalue weighted by atomic mass is 9.89. The van der Waals surface area contributed by atoms with Gasteiger partial charge < -0.3 is 23.5 Å². The van der Waals surface area contributed by atoms with Crippen LogP contribution in [0.2, 0.25) is 0 Å². The van der Waals surface area contributed by atoms with Crippen molar-refractivity contribution in [3.05, 3.63) is 177 Å². The number of carbonyl (C=O) groups is 1. The van der Waals surface area contributed by atoms with Crippen LogP contribution in [0, 0.1) is 12.3 Å². The lowest BCUT2D eigenvalue weighted by Gasteiger charge is -2.24. The lowest BCUT2D eigenvalue weighted by molar-refractivity contribution is -0.659. The first kappa shape index (κ1) is 35.2. The molecule has 0 unspecified atom stereocenters. The highest BCUT2D eigenvalue weighted by Gasteiger charge is 2.37. The molecule has 2 aromatic heterocycles. The molecule has 9 rings (SSSR count). The number of thioether (sulfide) groups is 1. The van der Waals surface area contributed by atoms with Gasteiger partial charge in [0.15, 0.2) is 18.1 Å². The van der Waals surface area contributed by atoms with Gasteiger partial charge in [-0.05, 0) is 52.2 Å². The van der Waals surface area contributed by atoms with Crippen molar-refractivity contribution in [3.63, 3.8) is 0 Å². The molecule has 0 spiro atoms. The smallest absolute Gasteiger partial charge is 0.263 e. The van der Waals surface area contributed by atoms with Gasteiger partial charge in [0, 0.05) is 46.4 Å². The molecule has 0 atom stereocenters. The third kappa shape index (κ3) is 6.97.